The van der Waals surface area contributed by atoms with E-state index in [1.807, 2.05) is 13.8 Å². The van der Waals surface area contributed by atoms with Crippen LogP contribution in [0.3, 0.4) is 0 Å². The zero-order valence-corrected chi connectivity index (χ0v) is 11.7. The standard InChI is InChI=1S/C14H23FN2O2/c1-3-9(2)11-14(19)17(8-4-7-15)12(10-5-6-10)13(18)16-11/h9-12H,3-8H2,1-2H3,(H,16,18). The summed E-state index contributed by atoms with van der Waals surface area (Å²) in [5, 5.41) is 2.87. The average Bonchev–Trinajstić information content (AvgIpc) is 3.22. The van der Waals surface area contributed by atoms with Gasteiger partial charge in [-0.25, -0.2) is 0 Å². The topological polar surface area (TPSA) is 49.4 Å². The van der Waals surface area contributed by atoms with Crippen LogP contribution in [0.2, 0.25) is 0 Å². The number of hydrogen-bond donors (Lipinski definition) is 1. The van der Waals surface area contributed by atoms with Crippen molar-refractivity contribution in [1.82, 2.24) is 10.2 Å². The van der Waals surface area contributed by atoms with Gasteiger partial charge in [0, 0.05) is 6.54 Å². The number of amides is 2. The highest BCUT2D eigenvalue weighted by molar-refractivity contribution is 5.97. The van der Waals surface area contributed by atoms with Crippen molar-refractivity contribution in [3.05, 3.63) is 0 Å². The molecule has 0 radical (unpaired) electrons. The van der Waals surface area contributed by atoms with Crippen LogP contribution in [0.25, 0.3) is 0 Å². The normalized spacial score (nSPS) is 29.3. The van der Waals surface area contributed by atoms with E-state index < -0.39 is 12.7 Å². The Bertz CT molecular complexity index is 357. The minimum absolute atomic E-state index is 0.0284. The minimum atomic E-state index is -0.448. The lowest BCUT2D eigenvalue weighted by Gasteiger charge is -2.41. The Balaban J connectivity index is 2.15. The van der Waals surface area contributed by atoms with Crippen LogP contribution in [0.5, 0.6) is 0 Å². The van der Waals surface area contributed by atoms with E-state index in [1.54, 1.807) is 4.90 Å². The zero-order valence-electron chi connectivity index (χ0n) is 11.7. The molecule has 0 aromatic heterocycles. The van der Waals surface area contributed by atoms with Gasteiger partial charge in [-0.15, -0.1) is 0 Å². The fourth-order valence-corrected chi connectivity index (χ4v) is 2.74. The molecule has 5 heteroatoms. The third-order valence-corrected chi connectivity index (χ3v) is 4.27. The third kappa shape index (κ3) is 2.90. The molecular weight excluding hydrogens is 247 g/mol. The molecule has 3 atom stereocenters. The van der Waals surface area contributed by atoms with Gasteiger partial charge in [-0.3, -0.25) is 14.0 Å². The van der Waals surface area contributed by atoms with Crippen molar-refractivity contribution < 1.29 is 14.0 Å². The highest BCUT2D eigenvalue weighted by Gasteiger charge is 2.48. The first-order valence-corrected chi connectivity index (χ1v) is 7.27. The predicted molar refractivity (Wildman–Crippen MR) is 70.2 cm³/mol. The van der Waals surface area contributed by atoms with E-state index in [-0.39, 0.29) is 29.7 Å². The van der Waals surface area contributed by atoms with Crippen molar-refractivity contribution in [2.45, 2.75) is 51.6 Å². The molecular formula is C14H23FN2O2. The lowest BCUT2D eigenvalue weighted by atomic mass is 9.93. The van der Waals surface area contributed by atoms with Crippen molar-refractivity contribution in [1.29, 1.82) is 0 Å². The maximum Gasteiger partial charge on any atom is 0.246 e. The maximum absolute atomic E-state index is 12.5. The quantitative estimate of drug-likeness (QED) is 0.795. The first kappa shape index (κ1) is 14.3. The van der Waals surface area contributed by atoms with E-state index in [1.165, 1.54) is 0 Å². The summed E-state index contributed by atoms with van der Waals surface area (Å²) in [6.45, 7) is 3.88. The number of carbonyl (C=O) groups excluding carboxylic acids is 2. The number of piperazine rings is 1. The van der Waals surface area contributed by atoms with Crippen molar-refractivity contribution in [3.8, 4) is 0 Å². The van der Waals surface area contributed by atoms with Gasteiger partial charge in [0.15, 0.2) is 0 Å². The van der Waals surface area contributed by atoms with Crippen LogP contribution >= 0.6 is 0 Å². The molecule has 1 aliphatic heterocycles. The van der Waals surface area contributed by atoms with Crippen molar-refractivity contribution in [2.24, 2.45) is 11.8 Å². The number of halogens is 1. The van der Waals surface area contributed by atoms with Gasteiger partial charge in [-0.2, -0.15) is 0 Å². The number of nitrogens with zero attached hydrogens (tertiary/aromatic N) is 1. The molecule has 0 bridgehead atoms. The third-order valence-electron chi connectivity index (χ3n) is 4.27. The summed E-state index contributed by atoms with van der Waals surface area (Å²) in [5.41, 5.74) is 0. The largest absolute Gasteiger partial charge is 0.342 e. The molecule has 0 aromatic carbocycles. The Morgan fingerprint density at radius 1 is 1.42 bits per heavy atom. The lowest BCUT2D eigenvalue weighted by molar-refractivity contribution is -0.151. The molecule has 2 amide bonds. The summed E-state index contributed by atoms with van der Waals surface area (Å²) >= 11 is 0. The van der Waals surface area contributed by atoms with Crippen LogP contribution in [-0.4, -0.2) is 42.0 Å². The molecule has 4 nitrogen and oxygen atoms in total. The van der Waals surface area contributed by atoms with Gasteiger partial charge in [0.25, 0.3) is 0 Å². The van der Waals surface area contributed by atoms with Gasteiger partial charge in [-0.05, 0) is 31.1 Å². The molecule has 108 valence electrons. The molecule has 1 saturated heterocycles. The molecule has 2 aliphatic rings. The van der Waals surface area contributed by atoms with Crippen LogP contribution in [0.1, 0.15) is 39.5 Å². The molecule has 2 rings (SSSR count). The molecule has 1 N–H and O–H groups in total. The first-order valence-electron chi connectivity index (χ1n) is 7.27. The maximum atomic E-state index is 12.5. The fraction of sp³-hybridized carbons (Fsp3) is 0.857. The summed E-state index contributed by atoms with van der Waals surface area (Å²) in [7, 11) is 0. The Hall–Kier alpha value is -1.13. The molecule has 1 saturated carbocycles. The van der Waals surface area contributed by atoms with Crippen LogP contribution in [0.4, 0.5) is 4.39 Å². The Morgan fingerprint density at radius 2 is 2.11 bits per heavy atom. The highest BCUT2D eigenvalue weighted by Crippen LogP contribution is 2.37. The van der Waals surface area contributed by atoms with Gasteiger partial charge in [0.05, 0.1) is 6.67 Å². The van der Waals surface area contributed by atoms with Crippen LogP contribution in [0.15, 0.2) is 0 Å². The van der Waals surface area contributed by atoms with Crippen molar-refractivity contribution in [3.63, 3.8) is 0 Å². The monoisotopic (exact) mass is 270 g/mol. The molecule has 0 aromatic rings. The Labute approximate surface area is 113 Å². The SMILES string of the molecule is CCC(C)C1NC(=O)C(C2CC2)N(CCCF)C1=O. The summed E-state index contributed by atoms with van der Waals surface area (Å²) < 4.78 is 12.4. The van der Waals surface area contributed by atoms with E-state index in [2.05, 4.69) is 5.32 Å². The number of rotatable bonds is 6. The summed E-state index contributed by atoms with van der Waals surface area (Å²) in [6.07, 6.45) is 3.13. The van der Waals surface area contributed by atoms with Gasteiger partial charge in [-0.1, -0.05) is 20.3 Å². The van der Waals surface area contributed by atoms with E-state index in [0.29, 0.717) is 13.0 Å². The molecule has 1 aliphatic carbocycles. The second kappa shape index (κ2) is 5.88. The van der Waals surface area contributed by atoms with Crippen LogP contribution in [-0.2, 0) is 9.59 Å². The summed E-state index contributed by atoms with van der Waals surface area (Å²) in [5.74, 6) is 0.316. The second-order valence-electron chi connectivity index (χ2n) is 5.73. The molecule has 1 heterocycles. The van der Waals surface area contributed by atoms with Crippen molar-refractivity contribution >= 4 is 11.8 Å². The molecule has 3 unspecified atom stereocenters. The number of nitrogens with one attached hydrogen (secondary N) is 1. The Kier molecular flexibility index (Phi) is 4.42. The van der Waals surface area contributed by atoms with Crippen molar-refractivity contribution in [2.75, 3.05) is 13.2 Å². The first-order chi connectivity index (χ1) is 9.10. The lowest BCUT2D eigenvalue weighted by Crippen LogP contribution is -2.65. The zero-order chi connectivity index (χ0) is 14.0. The van der Waals surface area contributed by atoms with Crippen LogP contribution < -0.4 is 5.32 Å². The van der Waals surface area contributed by atoms with E-state index in [4.69, 9.17) is 0 Å². The second-order valence-corrected chi connectivity index (χ2v) is 5.73. The number of alkyl halides is 1. The number of carbonyl (C=O) groups is 2. The smallest absolute Gasteiger partial charge is 0.246 e. The number of hydrogen-bond acceptors (Lipinski definition) is 2. The van der Waals surface area contributed by atoms with E-state index in [0.717, 1.165) is 19.3 Å². The van der Waals surface area contributed by atoms with Gasteiger partial charge in [0.2, 0.25) is 11.8 Å². The summed E-state index contributed by atoms with van der Waals surface area (Å²) in [6, 6.07) is -0.800. The van der Waals surface area contributed by atoms with Crippen LogP contribution in [0, 0.1) is 11.8 Å². The van der Waals surface area contributed by atoms with E-state index >= 15 is 0 Å². The highest BCUT2D eigenvalue weighted by atomic mass is 19.1. The summed E-state index contributed by atoms with van der Waals surface area (Å²) in [4.78, 5) is 26.4. The molecule has 0 spiro atoms. The predicted octanol–water partition coefficient (Wildman–Crippen LogP) is 1.50. The average molecular weight is 270 g/mol. The fourth-order valence-electron chi connectivity index (χ4n) is 2.74. The Morgan fingerprint density at radius 3 is 2.63 bits per heavy atom. The molecule has 19 heavy (non-hydrogen) atoms. The molecule has 2 fully saturated rings. The van der Waals surface area contributed by atoms with E-state index in [9.17, 15) is 14.0 Å². The van der Waals surface area contributed by atoms with Gasteiger partial charge in [0.1, 0.15) is 12.1 Å². The van der Waals surface area contributed by atoms with Gasteiger partial charge >= 0.3 is 0 Å². The minimum Gasteiger partial charge on any atom is -0.342 e. The van der Waals surface area contributed by atoms with Gasteiger partial charge < -0.3 is 10.2 Å².